The first kappa shape index (κ1) is 12.5. The molecule has 1 aromatic carbocycles. The number of esters is 1. The summed E-state index contributed by atoms with van der Waals surface area (Å²) in [6.45, 7) is 0. The van der Waals surface area contributed by atoms with Gasteiger partial charge < -0.3 is 4.74 Å². The number of rotatable bonds is 1. The zero-order chi connectivity index (χ0) is 10.1. The van der Waals surface area contributed by atoms with Crippen molar-refractivity contribution in [3.8, 4) is 0 Å². The standard InChI is InChI=1S/C6H5Cl.C3H5BrO2/c7-6-4-2-1-3-5-6;1-6-3(5)2-4/h1-5H;2H2,1H3. The van der Waals surface area contributed by atoms with Gasteiger partial charge in [0.15, 0.2) is 0 Å². The molecule has 0 saturated carbocycles. The van der Waals surface area contributed by atoms with E-state index in [1.807, 2.05) is 30.3 Å². The molecule has 13 heavy (non-hydrogen) atoms. The lowest BCUT2D eigenvalue weighted by Gasteiger charge is -1.86. The van der Waals surface area contributed by atoms with E-state index in [1.165, 1.54) is 7.11 Å². The molecule has 0 aliphatic heterocycles. The molecule has 2 nitrogen and oxygen atoms in total. The largest absolute Gasteiger partial charge is 0.468 e. The minimum absolute atomic E-state index is 0.241. The van der Waals surface area contributed by atoms with Crippen LogP contribution in [0.2, 0.25) is 5.02 Å². The third-order valence-electron chi connectivity index (χ3n) is 1.07. The molecular formula is C9H10BrClO2. The molecule has 0 aromatic heterocycles. The maximum absolute atomic E-state index is 9.91. The van der Waals surface area contributed by atoms with Crippen LogP contribution in [0.15, 0.2) is 30.3 Å². The maximum atomic E-state index is 9.91. The van der Waals surface area contributed by atoms with Gasteiger partial charge >= 0.3 is 5.97 Å². The van der Waals surface area contributed by atoms with Gasteiger partial charge in [-0.25, -0.2) is 0 Å². The lowest BCUT2D eigenvalue weighted by atomic mass is 10.4. The summed E-state index contributed by atoms with van der Waals surface area (Å²) in [5.74, 6) is -0.241. The summed E-state index contributed by atoms with van der Waals surface area (Å²) in [5.41, 5.74) is 0. The van der Waals surface area contributed by atoms with Gasteiger partial charge in [0.05, 0.1) is 7.11 Å². The zero-order valence-electron chi connectivity index (χ0n) is 7.17. The van der Waals surface area contributed by atoms with Crippen LogP contribution >= 0.6 is 27.5 Å². The molecule has 1 rings (SSSR count). The maximum Gasteiger partial charge on any atom is 0.316 e. The van der Waals surface area contributed by atoms with Crippen molar-refractivity contribution in [3.05, 3.63) is 35.4 Å². The van der Waals surface area contributed by atoms with E-state index in [1.54, 1.807) is 0 Å². The number of hydrogen-bond acceptors (Lipinski definition) is 2. The van der Waals surface area contributed by atoms with Gasteiger partial charge in [-0.2, -0.15) is 0 Å². The third-order valence-corrected chi connectivity index (χ3v) is 1.78. The molecule has 0 aliphatic rings. The van der Waals surface area contributed by atoms with E-state index in [9.17, 15) is 4.79 Å². The Bertz CT molecular complexity index is 233. The Hall–Kier alpha value is -0.540. The Morgan fingerprint density at radius 2 is 2.00 bits per heavy atom. The third kappa shape index (κ3) is 7.81. The second-order valence-electron chi connectivity index (χ2n) is 2.01. The first-order valence-electron chi connectivity index (χ1n) is 3.54. The Balaban J connectivity index is 0.000000226. The number of hydrogen-bond donors (Lipinski definition) is 0. The summed E-state index contributed by atoms with van der Waals surface area (Å²) in [4.78, 5) is 9.91. The number of methoxy groups -OCH3 is 1. The number of alkyl halides is 1. The van der Waals surface area contributed by atoms with E-state index in [-0.39, 0.29) is 11.3 Å². The predicted molar refractivity (Wildman–Crippen MR) is 57.3 cm³/mol. The Morgan fingerprint density at radius 3 is 2.15 bits per heavy atom. The summed E-state index contributed by atoms with van der Waals surface area (Å²) in [6, 6.07) is 9.44. The van der Waals surface area contributed by atoms with Crippen molar-refractivity contribution in [2.24, 2.45) is 0 Å². The second-order valence-corrected chi connectivity index (χ2v) is 3.00. The van der Waals surface area contributed by atoms with Crippen molar-refractivity contribution in [2.45, 2.75) is 0 Å². The molecule has 0 fully saturated rings. The van der Waals surface area contributed by atoms with Gasteiger partial charge in [0.1, 0.15) is 5.33 Å². The molecule has 72 valence electrons. The van der Waals surface area contributed by atoms with Gasteiger partial charge in [0.2, 0.25) is 0 Å². The van der Waals surface area contributed by atoms with Crippen molar-refractivity contribution in [2.75, 3.05) is 12.4 Å². The Kier molecular flexibility index (Phi) is 7.74. The highest BCUT2D eigenvalue weighted by molar-refractivity contribution is 9.09. The number of carbonyl (C=O) groups excluding carboxylic acids is 1. The fraction of sp³-hybridized carbons (Fsp3) is 0.222. The van der Waals surface area contributed by atoms with Crippen LogP contribution in [-0.4, -0.2) is 18.4 Å². The summed E-state index contributed by atoms with van der Waals surface area (Å²) in [6.07, 6.45) is 0. The number of benzene rings is 1. The topological polar surface area (TPSA) is 26.3 Å². The lowest BCUT2D eigenvalue weighted by molar-refractivity contribution is -0.137. The highest BCUT2D eigenvalue weighted by Gasteiger charge is 1.89. The average Bonchev–Trinajstić information content (AvgIpc) is 2.19. The molecule has 0 N–H and O–H groups in total. The molecule has 0 amide bonds. The van der Waals surface area contributed by atoms with E-state index < -0.39 is 0 Å². The molecule has 0 unspecified atom stereocenters. The minimum Gasteiger partial charge on any atom is -0.468 e. The summed E-state index contributed by atoms with van der Waals surface area (Å²) in [7, 11) is 1.35. The van der Waals surface area contributed by atoms with E-state index in [0.29, 0.717) is 0 Å². The van der Waals surface area contributed by atoms with Crippen LogP contribution in [0.3, 0.4) is 0 Å². The van der Waals surface area contributed by atoms with Crippen LogP contribution in [-0.2, 0) is 9.53 Å². The average molecular weight is 266 g/mol. The number of ether oxygens (including phenoxy) is 1. The van der Waals surface area contributed by atoms with E-state index in [0.717, 1.165) is 5.02 Å². The van der Waals surface area contributed by atoms with Crippen molar-refractivity contribution >= 4 is 33.5 Å². The predicted octanol–water partition coefficient (Wildman–Crippen LogP) is 2.89. The summed E-state index contributed by atoms with van der Waals surface area (Å²) < 4.78 is 4.21. The number of halogens is 2. The van der Waals surface area contributed by atoms with Crippen LogP contribution in [0.4, 0.5) is 0 Å². The van der Waals surface area contributed by atoms with Crippen molar-refractivity contribution < 1.29 is 9.53 Å². The smallest absolute Gasteiger partial charge is 0.316 e. The van der Waals surface area contributed by atoms with Crippen LogP contribution in [0.1, 0.15) is 0 Å². The van der Waals surface area contributed by atoms with Gasteiger partial charge in [0, 0.05) is 5.02 Å². The highest BCUT2D eigenvalue weighted by atomic mass is 79.9. The fourth-order valence-electron chi connectivity index (χ4n) is 0.469. The molecule has 0 atom stereocenters. The Labute approximate surface area is 91.0 Å². The molecule has 1 aromatic rings. The van der Waals surface area contributed by atoms with Crippen molar-refractivity contribution in [1.82, 2.24) is 0 Å². The van der Waals surface area contributed by atoms with Gasteiger partial charge in [-0.1, -0.05) is 45.7 Å². The molecular weight excluding hydrogens is 255 g/mol. The first-order chi connectivity index (χ1) is 6.20. The van der Waals surface area contributed by atoms with Gasteiger partial charge in [-0.05, 0) is 12.1 Å². The van der Waals surface area contributed by atoms with Gasteiger partial charge in [-0.15, -0.1) is 0 Å². The molecule has 0 aliphatic carbocycles. The minimum atomic E-state index is -0.241. The SMILES string of the molecule is COC(=O)CBr.Clc1ccccc1. The first-order valence-corrected chi connectivity index (χ1v) is 5.04. The van der Waals surface area contributed by atoms with E-state index in [2.05, 4.69) is 20.7 Å². The van der Waals surface area contributed by atoms with Gasteiger partial charge in [0.25, 0.3) is 0 Å². The van der Waals surface area contributed by atoms with Crippen molar-refractivity contribution in [3.63, 3.8) is 0 Å². The molecule has 0 bridgehead atoms. The molecule has 0 saturated heterocycles. The van der Waals surface area contributed by atoms with Gasteiger partial charge in [-0.3, -0.25) is 4.79 Å². The normalized spacial score (nSPS) is 8.23. The fourth-order valence-corrected chi connectivity index (χ4v) is 0.844. The number of carbonyl (C=O) groups is 1. The molecule has 0 spiro atoms. The summed E-state index contributed by atoms with van der Waals surface area (Å²) in [5, 5.41) is 1.08. The van der Waals surface area contributed by atoms with Crippen LogP contribution in [0.25, 0.3) is 0 Å². The van der Waals surface area contributed by atoms with Crippen LogP contribution in [0, 0.1) is 0 Å². The van der Waals surface area contributed by atoms with E-state index >= 15 is 0 Å². The molecule has 0 radical (unpaired) electrons. The highest BCUT2D eigenvalue weighted by Crippen LogP contribution is 2.03. The molecule has 4 heteroatoms. The van der Waals surface area contributed by atoms with Crippen molar-refractivity contribution in [1.29, 1.82) is 0 Å². The lowest BCUT2D eigenvalue weighted by Crippen LogP contribution is -1.99. The van der Waals surface area contributed by atoms with E-state index in [4.69, 9.17) is 11.6 Å². The Morgan fingerprint density at radius 1 is 1.46 bits per heavy atom. The summed E-state index contributed by atoms with van der Waals surface area (Å²) >= 11 is 8.44. The monoisotopic (exact) mass is 264 g/mol. The van der Waals surface area contributed by atoms with Crippen LogP contribution in [0.5, 0.6) is 0 Å². The zero-order valence-corrected chi connectivity index (χ0v) is 9.51. The quantitative estimate of drug-likeness (QED) is 0.576. The second kappa shape index (κ2) is 8.08. The van der Waals surface area contributed by atoms with Crippen LogP contribution < -0.4 is 0 Å². The molecule has 0 heterocycles.